The van der Waals surface area contributed by atoms with Gasteiger partial charge in [-0.1, -0.05) is 30.1 Å². The number of likely N-dealkylation sites (tertiary alicyclic amines) is 1. The highest BCUT2D eigenvalue weighted by Gasteiger charge is 2.45. The lowest BCUT2D eigenvalue weighted by Gasteiger charge is -2.54. The first kappa shape index (κ1) is 34.9. The Morgan fingerprint density at radius 3 is 2.51 bits per heavy atom. The lowest BCUT2D eigenvalue weighted by molar-refractivity contribution is -0.109. The molecule has 1 spiro atoms. The van der Waals surface area contributed by atoms with Crippen LogP contribution in [0.2, 0.25) is 10.0 Å². The number of piperidine rings is 1. The van der Waals surface area contributed by atoms with E-state index in [1.165, 1.54) is 25.2 Å². The molecular formula is C35H45Cl2N7O3. The van der Waals surface area contributed by atoms with Gasteiger partial charge in [0.15, 0.2) is 0 Å². The molecule has 2 saturated heterocycles. The summed E-state index contributed by atoms with van der Waals surface area (Å²) in [5, 5.41) is 12.5. The predicted molar refractivity (Wildman–Crippen MR) is 188 cm³/mol. The van der Waals surface area contributed by atoms with E-state index < -0.39 is 0 Å². The van der Waals surface area contributed by atoms with Crippen molar-refractivity contribution in [1.82, 2.24) is 20.2 Å². The van der Waals surface area contributed by atoms with Crippen LogP contribution in [0, 0.1) is 16.7 Å². The number of carbonyl (C=O) groups excluding carboxylic acids is 1. The van der Waals surface area contributed by atoms with E-state index in [2.05, 4.69) is 27.0 Å². The van der Waals surface area contributed by atoms with Gasteiger partial charge in [0.25, 0.3) is 0 Å². The fraction of sp³-hybridized carbons (Fsp3) is 0.486. The van der Waals surface area contributed by atoms with Gasteiger partial charge in [0, 0.05) is 73.1 Å². The number of ether oxygens (including phenoxy) is 2. The predicted octanol–water partition coefficient (Wildman–Crippen LogP) is 5.83. The Morgan fingerprint density at radius 2 is 1.87 bits per heavy atom. The van der Waals surface area contributed by atoms with Gasteiger partial charge in [0.2, 0.25) is 6.41 Å². The highest BCUT2D eigenvalue weighted by atomic mass is 35.5. The third kappa shape index (κ3) is 8.54. The van der Waals surface area contributed by atoms with Crippen molar-refractivity contribution in [3.8, 4) is 5.75 Å². The van der Waals surface area contributed by atoms with Gasteiger partial charge in [-0.3, -0.25) is 15.2 Å². The number of rotatable bonds is 16. The lowest BCUT2D eigenvalue weighted by atomic mass is 9.72. The molecule has 2 fully saturated rings. The summed E-state index contributed by atoms with van der Waals surface area (Å²) in [5.74, 6) is 1.92. The summed E-state index contributed by atoms with van der Waals surface area (Å²) in [6, 6.07) is 9.18. The summed E-state index contributed by atoms with van der Waals surface area (Å²) < 4.78 is 11.7. The smallest absolute Gasteiger partial charge is 0.207 e. The largest absolute Gasteiger partial charge is 0.489 e. The van der Waals surface area contributed by atoms with Crippen molar-refractivity contribution >= 4 is 46.8 Å². The maximum absolute atomic E-state index is 10.7. The fourth-order valence-corrected chi connectivity index (χ4v) is 7.30. The minimum atomic E-state index is 0.165. The van der Waals surface area contributed by atoms with Gasteiger partial charge < -0.3 is 30.3 Å². The van der Waals surface area contributed by atoms with Crippen LogP contribution in [0.4, 0.5) is 11.5 Å². The molecule has 3 aromatic rings. The van der Waals surface area contributed by atoms with Gasteiger partial charge in [0.1, 0.15) is 18.2 Å². The highest BCUT2D eigenvalue weighted by molar-refractivity contribution is 6.35. The topological polar surface area (TPSA) is 130 Å². The van der Waals surface area contributed by atoms with Crippen molar-refractivity contribution in [3.05, 3.63) is 75.7 Å². The summed E-state index contributed by atoms with van der Waals surface area (Å²) in [7, 11) is 1.79. The fourth-order valence-electron chi connectivity index (χ4n) is 6.83. The summed E-state index contributed by atoms with van der Waals surface area (Å²) in [5.41, 5.74) is 9.26. The van der Waals surface area contributed by atoms with Gasteiger partial charge in [-0.25, -0.2) is 4.98 Å². The van der Waals surface area contributed by atoms with Crippen LogP contribution >= 0.6 is 23.2 Å². The first-order chi connectivity index (χ1) is 22.8. The molecule has 0 aliphatic carbocycles. The molecule has 2 aromatic heterocycles. The third-order valence-electron chi connectivity index (χ3n) is 9.75. The maximum Gasteiger partial charge on any atom is 0.207 e. The number of methoxy groups -OCH3 is 1. The molecule has 47 heavy (non-hydrogen) atoms. The van der Waals surface area contributed by atoms with Crippen molar-refractivity contribution in [2.24, 2.45) is 11.3 Å². The molecule has 2 aliphatic heterocycles. The summed E-state index contributed by atoms with van der Waals surface area (Å²) >= 11 is 12.5. The second-order valence-electron chi connectivity index (χ2n) is 12.7. The number of carbonyl (C=O) groups is 1. The number of amides is 1. The minimum Gasteiger partial charge on any atom is -0.489 e. The van der Waals surface area contributed by atoms with Crippen molar-refractivity contribution in [1.29, 1.82) is 5.41 Å². The van der Waals surface area contributed by atoms with E-state index in [1.54, 1.807) is 31.5 Å². The van der Waals surface area contributed by atoms with Crippen LogP contribution in [0.15, 0.2) is 48.9 Å². The molecule has 2 aliphatic rings. The number of nitrogen functional groups attached to an aromatic ring is 1. The zero-order valence-electron chi connectivity index (χ0n) is 27.2. The second kappa shape index (κ2) is 16.1. The number of aromatic nitrogens is 2. The molecule has 0 radical (unpaired) electrons. The van der Waals surface area contributed by atoms with Crippen molar-refractivity contribution in [2.45, 2.75) is 51.7 Å². The second-order valence-corrected chi connectivity index (χ2v) is 13.5. The number of nitrogens with two attached hydrogens (primary N) is 1. The van der Waals surface area contributed by atoms with Crippen LogP contribution in [0.25, 0.3) is 0 Å². The first-order valence-electron chi connectivity index (χ1n) is 16.3. The van der Waals surface area contributed by atoms with E-state index >= 15 is 0 Å². The molecule has 4 heterocycles. The Bertz CT molecular complexity index is 1480. The Hall–Kier alpha value is -3.44. The standard InChI is InChI=1S/C35H45Cl2N7O3/c1-3-32(46-2)24(8-12-40-23-45)9-13-43-14-10-35(11-15-43)21-44(22-35)33-7-4-25(17-42-33)34(39)27-16-26(5-6-31(27)38)47-20-28-29(36)18-41-19-30(28)37/h4-7,16-19,23-24,32,39H,3,8-15,20-22,38H2,1-2H3,(H,40,45). The van der Waals surface area contributed by atoms with Crippen LogP contribution in [-0.4, -0.2) is 79.5 Å². The van der Waals surface area contributed by atoms with E-state index in [1.807, 2.05) is 12.1 Å². The Morgan fingerprint density at radius 1 is 1.13 bits per heavy atom. The summed E-state index contributed by atoms with van der Waals surface area (Å²) in [6.45, 7) is 8.30. The van der Waals surface area contributed by atoms with Gasteiger partial charge in [-0.05, 0) is 88.0 Å². The molecule has 2 atom stereocenters. The normalized spacial score (nSPS) is 17.1. The van der Waals surface area contributed by atoms with Crippen LogP contribution < -0.4 is 20.7 Å². The van der Waals surface area contributed by atoms with E-state index in [-0.39, 0.29) is 18.4 Å². The molecule has 1 amide bonds. The molecule has 252 valence electrons. The van der Waals surface area contributed by atoms with Gasteiger partial charge in [-0.15, -0.1) is 0 Å². The maximum atomic E-state index is 10.7. The summed E-state index contributed by atoms with van der Waals surface area (Å²) in [6.07, 6.45) is 11.2. The van der Waals surface area contributed by atoms with Gasteiger partial charge in [-0.2, -0.15) is 0 Å². The molecule has 5 rings (SSSR count). The van der Waals surface area contributed by atoms with Gasteiger partial charge in [0.05, 0.1) is 21.9 Å². The Kier molecular flexibility index (Phi) is 12.0. The molecule has 4 N–H and O–H groups in total. The minimum absolute atomic E-state index is 0.165. The number of hydrogen-bond acceptors (Lipinski definition) is 9. The van der Waals surface area contributed by atoms with E-state index in [9.17, 15) is 4.79 Å². The molecular weight excluding hydrogens is 637 g/mol. The van der Waals surface area contributed by atoms with E-state index in [0.717, 1.165) is 64.2 Å². The number of nitrogens with one attached hydrogen (secondary N) is 2. The van der Waals surface area contributed by atoms with Gasteiger partial charge >= 0.3 is 0 Å². The number of halogens is 2. The Balaban J connectivity index is 1.11. The molecule has 1 aromatic carbocycles. The van der Waals surface area contributed by atoms with Crippen LogP contribution in [0.3, 0.4) is 0 Å². The number of anilines is 2. The Labute approximate surface area is 287 Å². The lowest BCUT2D eigenvalue weighted by Crippen LogP contribution is -2.60. The van der Waals surface area contributed by atoms with Crippen LogP contribution in [-0.2, 0) is 16.1 Å². The van der Waals surface area contributed by atoms with Crippen molar-refractivity contribution in [3.63, 3.8) is 0 Å². The molecule has 0 bridgehead atoms. The zero-order valence-corrected chi connectivity index (χ0v) is 28.7. The van der Waals surface area contributed by atoms with Crippen molar-refractivity contribution in [2.75, 3.05) is 57.0 Å². The molecule has 0 saturated carbocycles. The monoisotopic (exact) mass is 681 g/mol. The number of benzene rings is 1. The first-order valence-corrected chi connectivity index (χ1v) is 17.0. The van der Waals surface area contributed by atoms with Crippen LogP contribution in [0.5, 0.6) is 5.75 Å². The molecule has 2 unspecified atom stereocenters. The number of pyridine rings is 2. The number of nitrogens with zero attached hydrogens (tertiary/aromatic N) is 4. The van der Waals surface area contributed by atoms with E-state index in [4.69, 9.17) is 48.8 Å². The summed E-state index contributed by atoms with van der Waals surface area (Å²) in [4.78, 5) is 24.3. The SMILES string of the molecule is CCC(OC)C(CCNC=O)CCN1CCC2(CC1)CN(c1ccc(C(=N)c3cc(OCc4c(Cl)cncc4Cl)ccc3N)cn1)C2. The van der Waals surface area contributed by atoms with E-state index in [0.29, 0.717) is 56.1 Å². The average molecular weight is 683 g/mol. The third-order valence-corrected chi connectivity index (χ3v) is 10.4. The quantitative estimate of drug-likeness (QED) is 0.0745. The molecule has 10 nitrogen and oxygen atoms in total. The van der Waals surface area contributed by atoms with Crippen LogP contribution in [0.1, 0.15) is 55.7 Å². The highest BCUT2D eigenvalue weighted by Crippen LogP contribution is 2.42. The average Bonchev–Trinajstić information content (AvgIpc) is 3.07. The zero-order chi connectivity index (χ0) is 33.4. The van der Waals surface area contributed by atoms with Crippen molar-refractivity contribution < 1.29 is 14.3 Å². The molecule has 12 heteroatoms. The number of hydrogen-bond donors (Lipinski definition) is 3.